The van der Waals surface area contributed by atoms with E-state index in [-0.39, 0.29) is 25.2 Å². The third-order valence-corrected chi connectivity index (χ3v) is 2.57. The molecule has 1 aromatic rings. The minimum absolute atomic E-state index is 0.000770. The number of hydrogen-bond acceptors (Lipinski definition) is 3. The highest BCUT2D eigenvalue weighted by atomic mass is 16.2. The zero-order chi connectivity index (χ0) is 14.3. The average molecular weight is 263 g/mol. The SMILES string of the molecule is NC(=O)CC[C@H](NC(=O)Cc1ccccc1)C(N)=O. The fraction of sp³-hybridized carbons (Fsp3) is 0.308. The van der Waals surface area contributed by atoms with Gasteiger partial charge in [-0.1, -0.05) is 30.3 Å². The third-order valence-electron chi connectivity index (χ3n) is 2.57. The number of carbonyl (C=O) groups is 3. The summed E-state index contributed by atoms with van der Waals surface area (Å²) in [6.07, 6.45) is 0.269. The van der Waals surface area contributed by atoms with E-state index in [4.69, 9.17) is 11.5 Å². The van der Waals surface area contributed by atoms with E-state index in [1.54, 1.807) is 0 Å². The van der Waals surface area contributed by atoms with Crippen molar-refractivity contribution < 1.29 is 14.4 Å². The van der Waals surface area contributed by atoms with Crippen molar-refractivity contribution >= 4 is 17.7 Å². The molecule has 6 heteroatoms. The van der Waals surface area contributed by atoms with Crippen molar-refractivity contribution in [3.8, 4) is 0 Å². The first kappa shape index (κ1) is 14.7. The minimum atomic E-state index is -0.872. The second-order valence-electron chi connectivity index (χ2n) is 4.19. The Labute approximate surface area is 111 Å². The number of nitrogens with two attached hydrogens (primary N) is 2. The molecule has 0 aliphatic heterocycles. The molecule has 0 unspecified atom stereocenters. The first-order chi connectivity index (χ1) is 8.99. The van der Waals surface area contributed by atoms with Gasteiger partial charge in [0.1, 0.15) is 6.04 Å². The fourth-order valence-electron chi connectivity index (χ4n) is 1.60. The summed E-state index contributed by atoms with van der Waals surface area (Å²) in [6.45, 7) is 0. The molecule has 0 fully saturated rings. The van der Waals surface area contributed by atoms with Gasteiger partial charge in [0.25, 0.3) is 0 Å². The number of primary amides is 2. The summed E-state index contributed by atoms with van der Waals surface area (Å²) in [4.78, 5) is 33.6. The van der Waals surface area contributed by atoms with Crippen molar-refractivity contribution in [1.29, 1.82) is 0 Å². The van der Waals surface area contributed by atoms with Gasteiger partial charge in [0, 0.05) is 6.42 Å². The fourth-order valence-corrected chi connectivity index (χ4v) is 1.60. The average Bonchev–Trinajstić information content (AvgIpc) is 2.35. The van der Waals surface area contributed by atoms with Gasteiger partial charge in [0.2, 0.25) is 17.7 Å². The molecule has 0 aliphatic carbocycles. The number of nitrogens with one attached hydrogen (secondary N) is 1. The van der Waals surface area contributed by atoms with Crippen molar-refractivity contribution in [2.75, 3.05) is 0 Å². The smallest absolute Gasteiger partial charge is 0.240 e. The molecule has 0 radical (unpaired) electrons. The van der Waals surface area contributed by atoms with Gasteiger partial charge >= 0.3 is 0 Å². The number of hydrogen-bond donors (Lipinski definition) is 3. The van der Waals surface area contributed by atoms with Crippen LogP contribution in [0.5, 0.6) is 0 Å². The summed E-state index contributed by atoms with van der Waals surface area (Å²) < 4.78 is 0. The first-order valence-electron chi connectivity index (χ1n) is 5.90. The highest BCUT2D eigenvalue weighted by Crippen LogP contribution is 2.01. The van der Waals surface area contributed by atoms with Gasteiger partial charge in [0.15, 0.2) is 0 Å². The molecule has 1 atom stereocenters. The molecule has 5 N–H and O–H groups in total. The first-order valence-corrected chi connectivity index (χ1v) is 5.90. The van der Waals surface area contributed by atoms with Crippen molar-refractivity contribution in [2.24, 2.45) is 11.5 Å². The standard InChI is InChI=1S/C13H17N3O3/c14-11(17)7-6-10(13(15)19)16-12(18)8-9-4-2-1-3-5-9/h1-5,10H,6-8H2,(H2,14,17)(H2,15,19)(H,16,18)/t10-/m0/s1. The molecule has 102 valence electrons. The lowest BCUT2D eigenvalue weighted by atomic mass is 10.1. The van der Waals surface area contributed by atoms with Crippen LogP contribution in [0.2, 0.25) is 0 Å². The van der Waals surface area contributed by atoms with Crippen LogP contribution in [0.1, 0.15) is 18.4 Å². The largest absolute Gasteiger partial charge is 0.370 e. The highest BCUT2D eigenvalue weighted by Gasteiger charge is 2.18. The third kappa shape index (κ3) is 5.67. The van der Waals surface area contributed by atoms with Crippen LogP contribution in [0.4, 0.5) is 0 Å². The van der Waals surface area contributed by atoms with Gasteiger partial charge in [-0.15, -0.1) is 0 Å². The number of carbonyl (C=O) groups excluding carboxylic acids is 3. The van der Waals surface area contributed by atoms with E-state index in [1.807, 2.05) is 30.3 Å². The second-order valence-corrected chi connectivity index (χ2v) is 4.19. The lowest BCUT2D eigenvalue weighted by molar-refractivity contribution is -0.127. The quantitative estimate of drug-likeness (QED) is 0.613. The topological polar surface area (TPSA) is 115 Å². The van der Waals surface area contributed by atoms with Crippen molar-refractivity contribution in [1.82, 2.24) is 5.32 Å². The predicted molar refractivity (Wildman–Crippen MR) is 69.7 cm³/mol. The minimum Gasteiger partial charge on any atom is -0.370 e. The van der Waals surface area contributed by atoms with Gasteiger partial charge in [-0.25, -0.2) is 0 Å². The van der Waals surface area contributed by atoms with Crippen LogP contribution in [0.3, 0.4) is 0 Å². The van der Waals surface area contributed by atoms with Crippen molar-refractivity contribution in [3.63, 3.8) is 0 Å². The monoisotopic (exact) mass is 263 g/mol. The summed E-state index contributed by atoms with van der Waals surface area (Å²) >= 11 is 0. The lowest BCUT2D eigenvalue weighted by Gasteiger charge is -2.14. The Balaban J connectivity index is 2.52. The van der Waals surface area contributed by atoms with E-state index in [0.29, 0.717) is 0 Å². The van der Waals surface area contributed by atoms with E-state index >= 15 is 0 Å². The molecule has 19 heavy (non-hydrogen) atoms. The lowest BCUT2D eigenvalue weighted by Crippen LogP contribution is -2.45. The molecule has 1 rings (SSSR count). The molecule has 0 heterocycles. The maximum Gasteiger partial charge on any atom is 0.240 e. The van der Waals surface area contributed by atoms with E-state index in [1.165, 1.54) is 0 Å². The molecule has 0 spiro atoms. The Bertz CT molecular complexity index is 459. The zero-order valence-electron chi connectivity index (χ0n) is 10.5. The van der Waals surface area contributed by atoms with Crippen molar-refractivity contribution in [2.45, 2.75) is 25.3 Å². The summed E-state index contributed by atoms with van der Waals surface area (Å²) in [5.74, 6) is -1.54. The van der Waals surface area contributed by atoms with Gasteiger partial charge < -0.3 is 16.8 Å². The van der Waals surface area contributed by atoms with Gasteiger partial charge in [0.05, 0.1) is 6.42 Å². The number of rotatable bonds is 7. The Morgan fingerprint density at radius 2 is 1.74 bits per heavy atom. The molecule has 3 amide bonds. The highest BCUT2D eigenvalue weighted by molar-refractivity contribution is 5.88. The van der Waals surface area contributed by atoms with Crippen LogP contribution in [0.25, 0.3) is 0 Å². The molecular weight excluding hydrogens is 246 g/mol. The molecule has 0 aliphatic rings. The maximum absolute atomic E-state index is 11.7. The van der Waals surface area contributed by atoms with Crippen LogP contribution in [0.15, 0.2) is 30.3 Å². The Morgan fingerprint density at radius 3 is 2.26 bits per heavy atom. The Kier molecular flexibility index (Phi) is 5.53. The molecular formula is C13H17N3O3. The molecule has 0 saturated carbocycles. The normalized spacial score (nSPS) is 11.6. The molecule has 0 bridgehead atoms. The van der Waals surface area contributed by atoms with Crippen LogP contribution in [-0.2, 0) is 20.8 Å². The van der Waals surface area contributed by atoms with Crippen LogP contribution < -0.4 is 16.8 Å². The molecule has 0 aromatic heterocycles. The van der Waals surface area contributed by atoms with Crippen LogP contribution in [-0.4, -0.2) is 23.8 Å². The van der Waals surface area contributed by atoms with Crippen LogP contribution in [0, 0.1) is 0 Å². The van der Waals surface area contributed by atoms with E-state index in [2.05, 4.69) is 5.32 Å². The van der Waals surface area contributed by atoms with E-state index in [9.17, 15) is 14.4 Å². The van der Waals surface area contributed by atoms with Gasteiger partial charge in [-0.3, -0.25) is 14.4 Å². The molecule has 0 saturated heterocycles. The van der Waals surface area contributed by atoms with Crippen molar-refractivity contribution in [3.05, 3.63) is 35.9 Å². The maximum atomic E-state index is 11.7. The summed E-state index contributed by atoms with van der Waals surface area (Å²) in [5, 5.41) is 2.50. The number of amides is 3. The van der Waals surface area contributed by atoms with E-state index < -0.39 is 17.9 Å². The predicted octanol–water partition coefficient (Wildman–Crippen LogP) is -0.535. The Hall–Kier alpha value is -2.37. The Morgan fingerprint density at radius 1 is 1.11 bits per heavy atom. The van der Waals surface area contributed by atoms with Gasteiger partial charge in [-0.2, -0.15) is 0 Å². The van der Waals surface area contributed by atoms with Gasteiger partial charge in [-0.05, 0) is 12.0 Å². The van der Waals surface area contributed by atoms with Crippen LogP contribution >= 0.6 is 0 Å². The summed E-state index contributed by atoms with van der Waals surface area (Å²) in [6, 6.07) is 8.23. The zero-order valence-corrected chi connectivity index (χ0v) is 10.5. The molecule has 6 nitrogen and oxygen atoms in total. The number of benzene rings is 1. The second kappa shape index (κ2) is 7.15. The summed E-state index contributed by atoms with van der Waals surface area (Å²) in [7, 11) is 0. The summed E-state index contributed by atoms with van der Waals surface area (Å²) in [5.41, 5.74) is 11.0. The molecule has 1 aromatic carbocycles. The van der Waals surface area contributed by atoms with E-state index in [0.717, 1.165) is 5.56 Å².